The number of hydrogen-bond donors (Lipinski definition) is 1. The van der Waals surface area contributed by atoms with Crippen LogP contribution in [0.25, 0.3) is 0 Å². The zero-order valence-corrected chi connectivity index (χ0v) is 14.0. The standard InChI is InChI=1S/C18H27NO4/c1-3-21-12-13-22-14(2)18(20)19-15-8-10-17(11-9-15)23-16-6-4-5-7-16/h8-11,14,16H,3-7,12-13H2,1-2H3,(H,19,20)/t14-/m1/s1. The van der Waals surface area contributed by atoms with Gasteiger partial charge in [-0.1, -0.05) is 0 Å². The predicted molar refractivity (Wildman–Crippen MR) is 89.9 cm³/mol. The highest BCUT2D eigenvalue weighted by Crippen LogP contribution is 2.25. The number of carbonyl (C=O) groups is 1. The molecule has 0 aromatic heterocycles. The van der Waals surface area contributed by atoms with Crippen LogP contribution in [0.15, 0.2) is 24.3 Å². The van der Waals surface area contributed by atoms with E-state index >= 15 is 0 Å². The molecule has 0 spiro atoms. The van der Waals surface area contributed by atoms with E-state index in [2.05, 4.69) is 5.32 Å². The highest BCUT2D eigenvalue weighted by molar-refractivity contribution is 5.93. The van der Waals surface area contributed by atoms with Gasteiger partial charge in [-0.05, 0) is 63.8 Å². The van der Waals surface area contributed by atoms with Crippen LogP contribution in [0.1, 0.15) is 39.5 Å². The molecule has 128 valence electrons. The van der Waals surface area contributed by atoms with Gasteiger partial charge >= 0.3 is 0 Å². The van der Waals surface area contributed by atoms with Crippen LogP contribution in [0.5, 0.6) is 5.75 Å². The maximum Gasteiger partial charge on any atom is 0.253 e. The second-order valence-corrected chi connectivity index (χ2v) is 5.75. The first kappa shape index (κ1) is 17.8. The van der Waals surface area contributed by atoms with Crippen molar-refractivity contribution in [1.82, 2.24) is 0 Å². The van der Waals surface area contributed by atoms with Crippen LogP contribution in [0.3, 0.4) is 0 Å². The Balaban J connectivity index is 1.74. The molecule has 0 aliphatic heterocycles. The first-order valence-electron chi connectivity index (χ1n) is 8.46. The van der Waals surface area contributed by atoms with Gasteiger partial charge in [-0.15, -0.1) is 0 Å². The summed E-state index contributed by atoms with van der Waals surface area (Å²) >= 11 is 0. The monoisotopic (exact) mass is 321 g/mol. The zero-order valence-electron chi connectivity index (χ0n) is 14.0. The number of amides is 1. The van der Waals surface area contributed by atoms with Crippen LogP contribution in [0, 0.1) is 0 Å². The molecular formula is C18H27NO4. The zero-order chi connectivity index (χ0) is 16.5. The van der Waals surface area contributed by atoms with Crippen LogP contribution in [-0.2, 0) is 14.3 Å². The summed E-state index contributed by atoms with van der Waals surface area (Å²) in [7, 11) is 0. The molecule has 0 radical (unpaired) electrons. The van der Waals surface area contributed by atoms with Crippen LogP contribution in [-0.4, -0.2) is 37.9 Å². The fraction of sp³-hybridized carbons (Fsp3) is 0.611. The largest absolute Gasteiger partial charge is 0.490 e. The maximum atomic E-state index is 12.0. The quantitative estimate of drug-likeness (QED) is 0.708. The molecular weight excluding hydrogens is 294 g/mol. The number of rotatable bonds is 9. The van der Waals surface area contributed by atoms with E-state index in [1.807, 2.05) is 31.2 Å². The fourth-order valence-electron chi connectivity index (χ4n) is 2.56. The van der Waals surface area contributed by atoms with Gasteiger partial charge in [-0.3, -0.25) is 4.79 Å². The lowest BCUT2D eigenvalue weighted by Gasteiger charge is -2.15. The van der Waals surface area contributed by atoms with Gasteiger partial charge in [0, 0.05) is 12.3 Å². The summed E-state index contributed by atoms with van der Waals surface area (Å²) in [6.07, 6.45) is 4.60. The van der Waals surface area contributed by atoms with Gasteiger partial charge in [0.2, 0.25) is 0 Å². The minimum Gasteiger partial charge on any atom is -0.490 e. The third-order valence-electron chi connectivity index (χ3n) is 3.90. The van der Waals surface area contributed by atoms with E-state index in [9.17, 15) is 4.79 Å². The minimum atomic E-state index is -0.509. The topological polar surface area (TPSA) is 56.8 Å². The summed E-state index contributed by atoms with van der Waals surface area (Å²) in [4.78, 5) is 12.0. The van der Waals surface area contributed by atoms with Crippen molar-refractivity contribution >= 4 is 11.6 Å². The smallest absolute Gasteiger partial charge is 0.253 e. The Hall–Kier alpha value is -1.59. The molecule has 1 atom stereocenters. The van der Waals surface area contributed by atoms with Crippen LogP contribution in [0.2, 0.25) is 0 Å². The molecule has 1 amide bonds. The lowest BCUT2D eigenvalue weighted by molar-refractivity contribution is -0.127. The Labute approximate surface area is 138 Å². The molecule has 1 N–H and O–H groups in total. The Morgan fingerprint density at radius 2 is 1.91 bits per heavy atom. The van der Waals surface area contributed by atoms with E-state index in [-0.39, 0.29) is 5.91 Å². The van der Waals surface area contributed by atoms with Crippen LogP contribution >= 0.6 is 0 Å². The molecule has 1 aliphatic rings. The number of ether oxygens (including phenoxy) is 3. The molecule has 1 saturated carbocycles. The van der Waals surface area contributed by atoms with Crippen molar-refractivity contribution in [3.05, 3.63) is 24.3 Å². The molecule has 2 rings (SSSR count). The first-order chi connectivity index (χ1) is 11.2. The maximum absolute atomic E-state index is 12.0. The van der Waals surface area contributed by atoms with Crippen molar-refractivity contribution in [2.75, 3.05) is 25.1 Å². The van der Waals surface area contributed by atoms with Crippen molar-refractivity contribution in [2.24, 2.45) is 0 Å². The summed E-state index contributed by atoms with van der Waals surface area (Å²) in [5.74, 6) is 0.696. The third kappa shape index (κ3) is 6.20. The Kier molecular flexibility index (Phi) is 7.36. The van der Waals surface area contributed by atoms with Gasteiger partial charge in [0.25, 0.3) is 5.91 Å². The molecule has 1 aromatic rings. The lowest BCUT2D eigenvalue weighted by Crippen LogP contribution is -2.28. The van der Waals surface area contributed by atoms with E-state index in [1.165, 1.54) is 12.8 Å². The van der Waals surface area contributed by atoms with E-state index in [0.717, 1.165) is 24.3 Å². The second-order valence-electron chi connectivity index (χ2n) is 5.75. The summed E-state index contributed by atoms with van der Waals surface area (Å²) in [5.41, 5.74) is 0.744. The van der Waals surface area contributed by atoms with Gasteiger partial charge in [0.05, 0.1) is 19.3 Å². The SMILES string of the molecule is CCOCCO[C@H](C)C(=O)Nc1ccc(OC2CCCC2)cc1. The summed E-state index contributed by atoms with van der Waals surface area (Å²) in [6.45, 7) is 5.23. The van der Waals surface area contributed by atoms with Gasteiger partial charge in [0.1, 0.15) is 11.9 Å². The molecule has 0 bridgehead atoms. The minimum absolute atomic E-state index is 0.161. The summed E-state index contributed by atoms with van der Waals surface area (Å²) in [6, 6.07) is 7.51. The molecule has 0 heterocycles. The van der Waals surface area contributed by atoms with E-state index in [1.54, 1.807) is 6.92 Å². The third-order valence-corrected chi connectivity index (χ3v) is 3.90. The highest BCUT2D eigenvalue weighted by Gasteiger charge is 2.17. The van der Waals surface area contributed by atoms with Gasteiger partial charge < -0.3 is 19.5 Å². The average molecular weight is 321 g/mol. The highest BCUT2D eigenvalue weighted by atomic mass is 16.5. The Morgan fingerprint density at radius 3 is 2.57 bits per heavy atom. The first-order valence-corrected chi connectivity index (χ1v) is 8.46. The molecule has 0 unspecified atom stereocenters. The van der Waals surface area contributed by atoms with Crippen molar-refractivity contribution in [3.8, 4) is 5.75 Å². The Bertz CT molecular complexity index is 468. The number of anilines is 1. The predicted octanol–water partition coefficient (Wildman–Crippen LogP) is 3.39. The van der Waals surface area contributed by atoms with Crippen LogP contribution < -0.4 is 10.1 Å². The normalized spacial score (nSPS) is 16.3. The average Bonchev–Trinajstić information content (AvgIpc) is 3.06. The van der Waals surface area contributed by atoms with Gasteiger partial charge in [-0.2, -0.15) is 0 Å². The van der Waals surface area contributed by atoms with Crippen LogP contribution in [0.4, 0.5) is 5.69 Å². The summed E-state index contributed by atoms with van der Waals surface area (Å²) in [5, 5.41) is 2.84. The van der Waals surface area contributed by atoms with E-state index < -0.39 is 6.10 Å². The molecule has 5 nitrogen and oxygen atoms in total. The van der Waals surface area contributed by atoms with E-state index in [0.29, 0.717) is 25.9 Å². The van der Waals surface area contributed by atoms with Crippen molar-refractivity contribution in [1.29, 1.82) is 0 Å². The van der Waals surface area contributed by atoms with Crippen molar-refractivity contribution in [3.63, 3.8) is 0 Å². The number of benzene rings is 1. The second kappa shape index (κ2) is 9.53. The number of hydrogen-bond acceptors (Lipinski definition) is 4. The molecule has 1 aromatic carbocycles. The van der Waals surface area contributed by atoms with Crippen molar-refractivity contribution < 1.29 is 19.0 Å². The molecule has 1 aliphatic carbocycles. The summed E-state index contributed by atoms with van der Waals surface area (Å²) < 4.78 is 16.5. The van der Waals surface area contributed by atoms with Crippen molar-refractivity contribution in [2.45, 2.75) is 51.7 Å². The van der Waals surface area contributed by atoms with Gasteiger partial charge in [0.15, 0.2) is 0 Å². The van der Waals surface area contributed by atoms with E-state index in [4.69, 9.17) is 14.2 Å². The molecule has 0 saturated heterocycles. The number of nitrogens with one attached hydrogen (secondary N) is 1. The van der Waals surface area contributed by atoms with Gasteiger partial charge in [-0.25, -0.2) is 0 Å². The molecule has 23 heavy (non-hydrogen) atoms. The lowest BCUT2D eigenvalue weighted by atomic mass is 10.2. The fourth-order valence-corrected chi connectivity index (χ4v) is 2.56. The Morgan fingerprint density at radius 1 is 1.22 bits per heavy atom. The molecule has 5 heteroatoms. The molecule has 1 fully saturated rings. The number of carbonyl (C=O) groups excluding carboxylic acids is 1.